The highest BCUT2D eigenvalue weighted by Gasteiger charge is 2.15. The van der Waals surface area contributed by atoms with Crippen LogP contribution in [0, 0.1) is 6.92 Å². The van der Waals surface area contributed by atoms with Crippen molar-refractivity contribution in [3.8, 4) is 0 Å². The van der Waals surface area contributed by atoms with E-state index in [1.165, 1.54) is 25.9 Å². The number of piperidine rings is 1. The van der Waals surface area contributed by atoms with E-state index in [2.05, 4.69) is 27.2 Å². The van der Waals surface area contributed by atoms with Crippen LogP contribution in [-0.4, -0.2) is 41.0 Å². The third-order valence-corrected chi connectivity index (χ3v) is 3.15. The highest BCUT2D eigenvalue weighted by atomic mass is 15.1. The maximum atomic E-state index is 4.25. The number of likely N-dealkylation sites (tertiary alicyclic amines) is 1. The molecule has 1 aromatic rings. The summed E-state index contributed by atoms with van der Waals surface area (Å²) in [4.78, 5) is 10.7. The Kier molecular flexibility index (Phi) is 3.85. The number of rotatable bonds is 3. The fraction of sp³-hybridized carbons (Fsp3) is 0.667. The van der Waals surface area contributed by atoms with Crippen LogP contribution in [0.5, 0.6) is 0 Å². The molecular weight excluding hydrogens is 200 g/mol. The molecule has 1 saturated heterocycles. The van der Waals surface area contributed by atoms with Crippen molar-refractivity contribution in [2.24, 2.45) is 0 Å². The average molecular weight is 220 g/mol. The Balaban J connectivity index is 1.79. The fourth-order valence-electron chi connectivity index (χ4n) is 2.07. The normalized spacial score (nSPS) is 18.9. The standard InChI is InChI=1S/C12H20N4/c1-10-7-12(15-9-14-10)8-13-11-3-5-16(2)6-4-11/h7,9,11,13H,3-6,8H2,1-2H3. The number of hydrogen-bond acceptors (Lipinski definition) is 4. The molecular formula is C12H20N4. The van der Waals surface area contributed by atoms with Crippen LogP contribution in [0.3, 0.4) is 0 Å². The second-order valence-corrected chi connectivity index (χ2v) is 4.61. The van der Waals surface area contributed by atoms with Crippen molar-refractivity contribution in [2.45, 2.75) is 32.4 Å². The minimum Gasteiger partial charge on any atom is -0.308 e. The Morgan fingerprint density at radius 1 is 1.38 bits per heavy atom. The summed E-state index contributed by atoms with van der Waals surface area (Å²) < 4.78 is 0. The van der Waals surface area contributed by atoms with Gasteiger partial charge in [0, 0.05) is 18.3 Å². The molecule has 2 heterocycles. The lowest BCUT2D eigenvalue weighted by Gasteiger charge is -2.29. The van der Waals surface area contributed by atoms with Crippen LogP contribution in [0.1, 0.15) is 24.2 Å². The van der Waals surface area contributed by atoms with Gasteiger partial charge in [0.15, 0.2) is 0 Å². The molecule has 0 amide bonds. The van der Waals surface area contributed by atoms with Gasteiger partial charge < -0.3 is 10.2 Å². The van der Waals surface area contributed by atoms with Crippen molar-refractivity contribution in [1.29, 1.82) is 0 Å². The van der Waals surface area contributed by atoms with E-state index < -0.39 is 0 Å². The molecule has 4 nitrogen and oxygen atoms in total. The van der Waals surface area contributed by atoms with Gasteiger partial charge in [0.1, 0.15) is 6.33 Å². The largest absolute Gasteiger partial charge is 0.308 e. The predicted octanol–water partition coefficient (Wildman–Crippen LogP) is 0.969. The molecule has 1 aromatic heterocycles. The van der Waals surface area contributed by atoms with Gasteiger partial charge in [-0.05, 0) is 46.0 Å². The van der Waals surface area contributed by atoms with E-state index in [0.717, 1.165) is 17.9 Å². The number of nitrogens with zero attached hydrogens (tertiary/aromatic N) is 3. The van der Waals surface area contributed by atoms with Crippen molar-refractivity contribution < 1.29 is 0 Å². The molecule has 0 saturated carbocycles. The first kappa shape index (κ1) is 11.5. The quantitative estimate of drug-likeness (QED) is 0.824. The van der Waals surface area contributed by atoms with Crippen LogP contribution in [0.15, 0.2) is 12.4 Å². The van der Waals surface area contributed by atoms with Crippen LogP contribution in [0.25, 0.3) is 0 Å². The average Bonchev–Trinajstić information content (AvgIpc) is 2.28. The van der Waals surface area contributed by atoms with E-state index >= 15 is 0 Å². The molecule has 0 bridgehead atoms. The Morgan fingerprint density at radius 3 is 2.81 bits per heavy atom. The van der Waals surface area contributed by atoms with Gasteiger partial charge in [-0.2, -0.15) is 0 Å². The fourth-order valence-corrected chi connectivity index (χ4v) is 2.07. The van der Waals surface area contributed by atoms with Gasteiger partial charge in [0.25, 0.3) is 0 Å². The summed E-state index contributed by atoms with van der Waals surface area (Å²) in [6.45, 7) is 5.25. The van der Waals surface area contributed by atoms with Gasteiger partial charge >= 0.3 is 0 Å². The molecule has 1 N–H and O–H groups in total. The molecule has 88 valence electrons. The Bertz CT molecular complexity index is 332. The van der Waals surface area contributed by atoms with Gasteiger partial charge in [-0.25, -0.2) is 9.97 Å². The van der Waals surface area contributed by atoms with E-state index in [1.807, 2.05) is 13.0 Å². The lowest BCUT2D eigenvalue weighted by Crippen LogP contribution is -2.40. The third-order valence-electron chi connectivity index (χ3n) is 3.15. The highest BCUT2D eigenvalue weighted by Crippen LogP contribution is 2.08. The maximum absolute atomic E-state index is 4.25. The summed E-state index contributed by atoms with van der Waals surface area (Å²) in [5, 5.41) is 3.57. The van der Waals surface area contributed by atoms with Gasteiger partial charge in [-0.3, -0.25) is 0 Å². The van der Waals surface area contributed by atoms with E-state index in [-0.39, 0.29) is 0 Å². The monoisotopic (exact) mass is 220 g/mol. The highest BCUT2D eigenvalue weighted by molar-refractivity contribution is 5.06. The van der Waals surface area contributed by atoms with Gasteiger partial charge in [0.05, 0.1) is 5.69 Å². The molecule has 1 aliphatic rings. The minimum atomic E-state index is 0.645. The maximum Gasteiger partial charge on any atom is 0.115 e. The number of aromatic nitrogens is 2. The Hall–Kier alpha value is -1.00. The number of nitrogens with one attached hydrogen (secondary N) is 1. The summed E-state index contributed by atoms with van der Waals surface area (Å²) in [5.41, 5.74) is 2.13. The molecule has 4 heteroatoms. The van der Waals surface area contributed by atoms with Gasteiger partial charge in [0.2, 0.25) is 0 Å². The smallest absolute Gasteiger partial charge is 0.115 e. The molecule has 0 aliphatic carbocycles. The van der Waals surface area contributed by atoms with E-state index in [4.69, 9.17) is 0 Å². The van der Waals surface area contributed by atoms with Gasteiger partial charge in [-0.15, -0.1) is 0 Å². The summed E-state index contributed by atoms with van der Waals surface area (Å²) in [7, 11) is 2.18. The zero-order valence-electron chi connectivity index (χ0n) is 10.1. The lowest BCUT2D eigenvalue weighted by molar-refractivity contribution is 0.233. The molecule has 1 aliphatic heterocycles. The van der Waals surface area contributed by atoms with Crippen LogP contribution in [0.2, 0.25) is 0 Å². The van der Waals surface area contributed by atoms with Crippen LogP contribution in [-0.2, 0) is 6.54 Å². The predicted molar refractivity (Wildman–Crippen MR) is 64.1 cm³/mol. The van der Waals surface area contributed by atoms with E-state index in [1.54, 1.807) is 6.33 Å². The summed E-state index contributed by atoms with van der Waals surface area (Å²) in [5.74, 6) is 0. The zero-order valence-corrected chi connectivity index (χ0v) is 10.1. The van der Waals surface area contributed by atoms with Crippen LogP contribution in [0.4, 0.5) is 0 Å². The number of aryl methyl sites for hydroxylation is 1. The summed E-state index contributed by atoms with van der Waals surface area (Å²) >= 11 is 0. The van der Waals surface area contributed by atoms with Crippen LogP contribution < -0.4 is 5.32 Å². The molecule has 1 fully saturated rings. The second kappa shape index (κ2) is 5.37. The molecule has 16 heavy (non-hydrogen) atoms. The molecule has 0 atom stereocenters. The van der Waals surface area contributed by atoms with Crippen molar-refractivity contribution in [3.05, 3.63) is 23.8 Å². The molecule has 0 aromatic carbocycles. The first-order chi connectivity index (χ1) is 7.74. The molecule has 0 radical (unpaired) electrons. The lowest BCUT2D eigenvalue weighted by atomic mass is 10.1. The molecule has 2 rings (SSSR count). The summed E-state index contributed by atoms with van der Waals surface area (Å²) in [6, 6.07) is 2.69. The van der Waals surface area contributed by atoms with E-state index in [9.17, 15) is 0 Å². The van der Waals surface area contributed by atoms with Crippen LogP contribution >= 0.6 is 0 Å². The van der Waals surface area contributed by atoms with Crippen molar-refractivity contribution in [3.63, 3.8) is 0 Å². The minimum absolute atomic E-state index is 0.645. The molecule has 0 unspecified atom stereocenters. The van der Waals surface area contributed by atoms with Gasteiger partial charge in [-0.1, -0.05) is 0 Å². The first-order valence-corrected chi connectivity index (χ1v) is 5.93. The van der Waals surface area contributed by atoms with Crippen molar-refractivity contribution in [1.82, 2.24) is 20.2 Å². The topological polar surface area (TPSA) is 41.0 Å². The SMILES string of the molecule is Cc1cc(CNC2CCN(C)CC2)ncn1. The Labute approximate surface area is 97.1 Å². The summed E-state index contributed by atoms with van der Waals surface area (Å²) in [6.07, 6.45) is 4.11. The van der Waals surface area contributed by atoms with E-state index in [0.29, 0.717) is 6.04 Å². The third kappa shape index (κ3) is 3.25. The van der Waals surface area contributed by atoms with Crippen molar-refractivity contribution >= 4 is 0 Å². The Morgan fingerprint density at radius 2 is 2.12 bits per heavy atom. The van der Waals surface area contributed by atoms with Crippen molar-refractivity contribution in [2.75, 3.05) is 20.1 Å². The molecule has 0 spiro atoms. The number of hydrogen-bond donors (Lipinski definition) is 1. The zero-order chi connectivity index (χ0) is 11.4. The second-order valence-electron chi connectivity index (χ2n) is 4.61. The first-order valence-electron chi connectivity index (χ1n) is 5.93.